The van der Waals surface area contributed by atoms with Gasteiger partial charge in [0.15, 0.2) is 0 Å². The predicted octanol–water partition coefficient (Wildman–Crippen LogP) is 6.70. The Kier molecular flexibility index (Phi) is 12.2. The van der Waals surface area contributed by atoms with E-state index in [9.17, 15) is 13.2 Å². The van der Waals surface area contributed by atoms with Crippen molar-refractivity contribution in [2.24, 2.45) is 17.8 Å². The Bertz CT molecular complexity index is 1880. The second-order valence-electron chi connectivity index (χ2n) is 18.2. The van der Waals surface area contributed by atoms with E-state index in [1.165, 1.54) is 11.1 Å². The molecule has 7 rings (SSSR count). The Balaban J connectivity index is 1.30. The van der Waals surface area contributed by atoms with Crippen LogP contribution in [0.2, 0.25) is 5.02 Å². The lowest BCUT2D eigenvalue weighted by Gasteiger charge is -2.52. The summed E-state index contributed by atoms with van der Waals surface area (Å²) in [5.74, 6) is 0.369. The first kappa shape index (κ1) is 41.5. The van der Waals surface area contributed by atoms with Gasteiger partial charge in [-0.3, -0.25) is 14.6 Å². The first-order valence-corrected chi connectivity index (χ1v) is 22.7. The number of piperazine rings is 1. The van der Waals surface area contributed by atoms with Gasteiger partial charge in [-0.05, 0) is 125 Å². The lowest BCUT2D eigenvalue weighted by atomic mass is 9.63. The molecule has 1 saturated heterocycles. The third-order valence-electron chi connectivity index (χ3n) is 13.8. The lowest BCUT2D eigenvalue weighted by molar-refractivity contribution is -0.0975. The Morgan fingerprint density at radius 2 is 1.84 bits per heavy atom. The zero-order chi connectivity index (χ0) is 39.9. The maximum atomic E-state index is 14.1. The van der Waals surface area contributed by atoms with Gasteiger partial charge in [-0.1, -0.05) is 36.7 Å². The summed E-state index contributed by atoms with van der Waals surface area (Å²) in [7, 11) is -0.639. The summed E-state index contributed by atoms with van der Waals surface area (Å²) >= 11 is 6.53. The number of fused-ring (bicyclic) bond motifs is 4. The van der Waals surface area contributed by atoms with Crippen LogP contribution < -0.4 is 14.4 Å². The molecule has 56 heavy (non-hydrogen) atoms. The number of hydrogen-bond donors (Lipinski definition) is 1. The molecule has 0 unspecified atom stereocenters. The molecule has 0 radical (unpaired) electrons. The van der Waals surface area contributed by atoms with Crippen LogP contribution in [0, 0.1) is 17.8 Å². The lowest BCUT2D eigenvalue weighted by Crippen LogP contribution is -2.60. The topological polar surface area (TPSA) is 101 Å². The molecule has 1 saturated carbocycles. The number of nitrogens with zero attached hydrogens (tertiary/aromatic N) is 3. The molecule has 2 aromatic carbocycles. The number of anilines is 1. The van der Waals surface area contributed by atoms with E-state index in [0.717, 1.165) is 82.1 Å². The van der Waals surface area contributed by atoms with Gasteiger partial charge in [0.2, 0.25) is 10.0 Å². The maximum Gasteiger partial charge on any atom is 0.264 e. The second-order valence-corrected chi connectivity index (χ2v) is 20.6. The molecular formula is C44H63ClN4O6S. The highest BCUT2D eigenvalue weighted by Crippen LogP contribution is 2.49. The molecule has 308 valence electrons. The molecule has 2 bridgehead atoms. The SMILES string of the molecule is COCC[C@@H]1[C@@H](C)C/C=C\[C@@](CN2CCN(C(C)(C)C)CC2)(OC)[C@@H]2CC[C@H]2CN2C[C@@]3(CCCc4cc(Cl)ccc43)COc3ccc(cc32)C(=O)NS1(=O)=O. The normalized spacial score (nSPS) is 32.0. The molecule has 5 aliphatic rings. The van der Waals surface area contributed by atoms with Crippen molar-refractivity contribution < 1.29 is 27.4 Å². The van der Waals surface area contributed by atoms with Crippen molar-refractivity contribution in [1.29, 1.82) is 0 Å². The molecule has 10 nitrogen and oxygen atoms in total. The molecule has 6 atom stereocenters. The Morgan fingerprint density at radius 1 is 1.05 bits per heavy atom. The quantitative estimate of drug-likeness (QED) is 0.320. The average Bonchev–Trinajstić information content (AvgIpc) is 3.29. The molecule has 2 fully saturated rings. The van der Waals surface area contributed by atoms with Gasteiger partial charge in [-0.25, -0.2) is 13.1 Å². The minimum Gasteiger partial charge on any atom is -0.490 e. The molecule has 12 heteroatoms. The summed E-state index contributed by atoms with van der Waals surface area (Å²) in [5, 5.41) is -0.0857. The highest BCUT2D eigenvalue weighted by atomic mass is 35.5. The van der Waals surface area contributed by atoms with Gasteiger partial charge in [-0.15, -0.1) is 0 Å². The number of aryl methyl sites for hydroxylation is 1. The molecule has 1 spiro atoms. The van der Waals surface area contributed by atoms with Crippen LogP contribution in [0.5, 0.6) is 5.75 Å². The maximum absolute atomic E-state index is 14.1. The van der Waals surface area contributed by atoms with Crippen molar-refractivity contribution in [2.45, 2.75) is 94.4 Å². The van der Waals surface area contributed by atoms with Gasteiger partial charge in [0.25, 0.3) is 5.91 Å². The van der Waals surface area contributed by atoms with E-state index >= 15 is 0 Å². The molecule has 1 amide bonds. The number of nitrogens with one attached hydrogen (secondary N) is 1. The van der Waals surface area contributed by atoms with E-state index in [0.29, 0.717) is 36.8 Å². The van der Waals surface area contributed by atoms with Crippen LogP contribution in [0.1, 0.15) is 87.7 Å². The first-order chi connectivity index (χ1) is 26.7. The number of rotatable bonds is 6. The van der Waals surface area contributed by atoms with Crippen LogP contribution in [-0.4, -0.2) is 114 Å². The van der Waals surface area contributed by atoms with E-state index in [2.05, 4.69) is 64.5 Å². The average molecular weight is 812 g/mol. The van der Waals surface area contributed by atoms with Crippen molar-refractivity contribution >= 4 is 33.2 Å². The van der Waals surface area contributed by atoms with Crippen molar-refractivity contribution in [3.8, 4) is 5.75 Å². The first-order valence-electron chi connectivity index (χ1n) is 20.7. The van der Waals surface area contributed by atoms with E-state index in [1.54, 1.807) is 13.2 Å². The van der Waals surface area contributed by atoms with Crippen molar-refractivity contribution in [3.63, 3.8) is 0 Å². The smallest absolute Gasteiger partial charge is 0.264 e. The Hall–Kier alpha value is -2.67. The summed E-state index contributed by atoms with van der Waals surface area (Å²) in [6, 6.07) is 11.7. The minimum absolute atomic E-state index is 0.122. The van der Waals surface area contributed by atoms with Gasteiger partial charge in [0.1, 0.15) is 11.4 Å². The number of amides is 1. The fraction of sp³-hybridized carbons (Fsp3) is 0.659. The number of hydrogen-bond acceptors (Lipinski definition) is 9. The van der Waals surface area contributed by atoms with E-state index in [4.69, 9.17) is 25.8 Å². The third-order valence-corrected chi connectivity index (χ3v) is 16.0. The van der Waals surface area contributed by atoms with Crippen molar-refractivity contribution in [2.75, 3.05) is 78.1 Å². The number of allylic oxidation sites excluding steroid dienone is 1. The molecule has 2 aliphatic carbocycles. The number of ether oxygens (including phenoxy) is 3. The van der Waals surface area contributed by atoms with Crippen LogP contribution in [-0.2, 0) is 31.3 Å². The summed E-state index contributed by atoms with van der Waals surface area (Å²) < 4.78 is 49.5. The van der Waals surface area contributed by atoms with Crippen LogP contribution in [0.15, 0.2) is 48.6 Å². The molecular weight excluding hydrogens is 748 g/mol. The Labute approximate surface area is 340 Å². The zero-order valence-electron chi connectivity index (χ0n) is 34.3. The van der Waals surface area contributed by atoms with Gasteiger partial charge in [-0.2, -0.15) is 0 Å². The van der Waals surface area contributed by atoms with Crippen LogP contribution in [0.3, 0.4) is 0 Å². The van der Waals surface area contributed by atoms with Gasteiger partial charge in [0, 0.05) is 88.2 Å². The molecule has 1 N–H and O–H groups in total. The van der Waals surface area contributed by atoms with E-state index in [-0.39, 0.29) is 35.8 Å². The van der Waals surface area contributed by atoms with Crippen LogP contribution >= 0.6 is 11.6 Å². The number of sulfonamides is 1. The molecule has 2 aromatic rings. The van der Waals surface area contributed by atoms with Gasteiger partial charge in [0.05, 0.1) is 17.5 Å². The fourth-order valence-corrected chi connectivity index (χ4v) is 12.2. The summed E-state index contributed by atoms with van der Waals surface area (Å²) in [4.78, 5) is 21.5. The number of carbonyl (C=O) groups excluding carboxylic acids is 1. The van der Waals surface area contributed by atoms with Crippen molar-refractivity contribution in [3.05, 3.63) is 70.3 Å². The highest BCUT2D eigenvalue weighted by Gasteiger charge is 2.50. The van der Waals surface area contributed by atoms with Crippen molar-refractivity contribution in [1.82, 2.24) is 14.5 Å². The third kappa shape index (κ3) is 8.41. The monoisotopic (exact) mass is 810 g/mol. The molecule has 3 heterocycles. The summed E-state index contributed by atoms with van der Waals surface area (Å²) in [6.45, 7) is 15.8. The second kappa shape index (κ2) is 16.5. The minimum atomic E-state index is -4.07. The standard InChI is InChI=1S/C44H63ClN4O6S/c1-31-9-7-19-44(54-6,29-47-20-22-49(23-21-47)42(2,3)4)37-14-11-34(37)27-48-28-43(18-8-10-32-25-35(45)13-15-36(32)43)30-55-39-16-12-33(26-38(39)48)41(50)46-56(51,52)40(31)17-24-53-5/h7,12-13,15-16,19,25-26,31,34,37,40H,8-11,14,17-18,20-24,27-30H2,1-6H3,(H,46,50)/b19-7-/t31-,34-,37+,40+,43-,44-/m0/s1. The number of benzene rings is 2. The largest absolute Gasteiger partial charge is 0.490 e. The van der Waals surface area contributed by atoms with E-state index in [1.807, 2.05) is 32.2 Å². The summed E-state index contributed by atoms with van der Waals surface area (Å²) in [6.07, 6.45) is 10.3. The number of methoxy groups -OCH3 is 2. The zero-order valence-corrected chi connectivity index (χ0v) is 35.9. The number of halogens is 1. The fourth-order valence-electron chi connectivity index (χ4n) is 10.4. The van der Waals surface area contributed by atoms with Gasteiger partial charge < -0.3 is 19.1 Å². The summed E-state index contributed by atoms with van der Waals surface area (Å²) in [5.41, 5.74) is 2.96. The highest BCUT2D eigenvalue weighted by molar-refractivity contribution is 7.90. The molecule has 3 aliphatic heterocycles. The van der Waals surface area contributed by atoms with Gasteiger partial charge >= 0.3 is 0 Å². The van der Waals surface area contributed by atoms with Crippen LogP contribution in [0.4, 0.5) is 5.69 Å². The Morgan fingerprint density at radius 3 is 2.54 bits per heavy atom. The number of carbonyl (C=O) groups is 1. The molecule has 0 aromatic heterocycles. The van der Waals surface area contributed by atoms with E-state index < -0.39 is 26.8 Å². The predicted molar refractivity (Wildman–Crippen MR) is 224 cm³/mol. The van der Waals surface area contributed by atoms with Crippen LogP contribution in [0.25, 0.3) is 0 Å².